The van der Waals surface area contributed by atoms with Crippen LogP contribution in [-0.4, -0.2) is 6.04 Å². The lowest BCUT2D eigenvalue weighted by atomic mass is 9.86. The first-order chi connectivity index (χ1) is 8.31. The van der Waals surface area contributed by atoms with E-state index in [1.54, 1.807) is 0 Å². The lowest BCUT2D eigenvalue weighted by molar-refractivity contribution is 0.517. The van der Waals surface area contributed by atoms with Crippen LogP contribution in [0.3, 0.4) is 0 Å². The van der Waals surface area contributed by atoms with Gasteiger partial charge in [-0.15, -0.1) is 11.3 Å². The van der Waals surface area contributed by atoms with Gasteiger partial charge in [-0.2, -0.15) is 0 Å². The first-order valence-corrected chi connectivity index (χ1v) is 7.03. The van der Waals surface area contributed by atoms with Gasteiger partial charge >= 0.3 is 0 Å². The lowest BCUT2D eigenvalue weighted by Gasteiger charge is -2.23. The molecule has 1 aliphatic carbocycles. The van der Waals surface area contributed by atoms with Crippen molar-refractivity contribution in [3.8, 4) is 0 Å². The summed E-state index contributed by atoms with van der Waals surface area (Å²) in [6.07, 6.45) is 3.49. The van der Waals surface area contributed by atoms with E-state index in [-0.39, 0.29) is 11.5 Å². The van der Waals surface area contributed by atoms with Crippen molar-refractivity contribution in [2.45, 2.75) is 30.7 Å². The summed E-state index contributed by atoms with van der Waals surface area (Å²) in [5, 5.41) is 2.13. The molecule has 1 fully saturated rings. The summed E-state index contributed by atoms with van der Waals surface area (Å²) in [6.45, 7) is 0. The van der Waals surface area contributed by atoms with Crippen LogP contribution in [0.2, 0.25) is 0 Å². The Morgan fingerprint density at radius 1 is 1.12 bits per heavy atom. The number of nitrogens with two attached hydrogens (primary N) is 1. The van der Waals surface area contributed by atoms with Gasteiger partial charge in [0.25, 0.3) is 0 Å². The highest BCUT2D eigenvalue weighted by Crippen LogP contribution is 2.51. The summed E-state index contributed by atoms with van der Waals surface area (Å²) in [5.74, 6) is 0. The standard InChI is InChI=1S/C15H17NS/c16-14(11-13-7-4-10-17-13)15(8-9-15)12-5-2-1-3-6-12/h1-7,10,14H,8-9,11,16H2. The Morgan fingerprint density at radius 2 is 1.88 bits per heavy atom. The maximum atomic E-state index is 6.44. The molecule has 1 unspecified atom stereocenters. The third kappa shape index (κ3) is 2.03. The van der Waals surface area contributed by atoms with Crippen LogP contribution in [0.5, 0.6) is 0 Å². The molecule has 1 saturated carbocycles. The van der Waals surface area contributed by atoms with Crippen LogP contribution in [0, 0.1) is 0 Å². The van der Waals surface area contributed by atoms with Crippen molar-refractivity contribution < 1.29 is 0 Å². The largest absolute Gasteiger partial charge is 0.327 e. The normalized spacial score (nSPS) is 18.9. The molecule has 3 rings (SSSR count). The smallest absolute Gasteiger partial charge is 0.0185 e. The maximum Gasteiger partial charge on any atom is 0.0185 e. The molecular formula is C15H17NS. The van der Waals surface area contributed by atoms with E-state index in [2.05, 4.69) is 47.8 Å². The second-order valence-corrected chi connectivity index (χ2v) is 5.94. The van der Waals surface area contributed by atoms with Crippen LogP contribution >= 0.6 is 11.3 Å². The van der Waals surface area contributed by atoms with Crippen molar-refractivity contribution in [3.05, 3.63) is 58.3 Å². The fraction of sp³-hybridized carbons (Fsp3) is 0.333. The van der Waals surface area contributed by atoms with Gasteiger partial charge in [0.1, 0.15) is 0 Å². The molecule has 1 heterocycles. The predicted octanol–water partition coefficient (Wildman–Crippen LogP) is 3.35. The first kappa shape index (κ1) is 11.0. The van der Waals surface area contributed by atoms with Crippen molar-refractivity contribution in [3.63, 3.8) is 0 Å². The van der Waals surface area contributed by atoms with Crippen molar-refractivity contribution in [1.82, 2.24) is 0 Å². The molecule has 1 aromatic carbocycles. The zero-order valence-electron chi connectivity index (χ0n) is 9.80. The summed E-state index contributed by atoms with van der Waals surface area (Å²) < 4.78 is 0. The van der Waals surface area contributed by atoms with Gasteiger partial charge in [0, 0.05) is 16.3 Å². The summed E-state index contributed by atoms with van der Waals surface area (Å²) in [4.78, 5) is 1.40. The number of hydrogen-bond acceptors (Lipinski definition) is 2. The van der Waals surface area contributed by atoms with Gasteiger partial charge in [0.15, 0.2) is 0 Å². The van der Waals surface area contributed by atoms with E-state index >= 15 is 0 Å². The van der Waals surface area contributed by atoms with Crippen LogP contribution in [0.15, 0.2) is 47.8 Å². The Bertz CT molecular complexity index is 471. The quantitative estimate of drug-likeness (QED) is 0.875. The zero-order chi connectivity index (χ0) is 11.7. The fourth-order valence-corrected chi connectivity index (χ4v) is 3.38. The van der Waals surface area contributed by atoms with Crippen LogP contribution in [0.25, 0.3) is 0 Å². The molecule has 0 bridgehead atoms. The Kier molecular flexibility index (Phi) is 2.77. The zero-order valence-corrected chi connectivity index (χ0v) is 10.6. The average molecular weight is 243 g/mol. The van der Waals surface area contributed by atoms with Crippen molar-refractivity contribution in [1.29, 1.82) is 0 Å². The molecule has 1 nitrogen and oxygen atoms in total. The van der Waals surface area contributed by atoms with Gasteiger partial charge < -0.3 is 5.73 Å². The number of benzene rings is 1. The minimum atomic E-state index is 0.253. The topological polar surface area (TPSA) is 26.0 Å². The molecule has 1 atom stereocenters. The maximum absolute atomic E-state index is 6.44. The number of thiophene rings is 1. The highest BCUT2D eigenvalue weighted by molar-refractivity contribution is 7.09. The molecule has 2 heteroatoms. The first-order valence-electron chi connectivity index (χ1n) is 6.15. The summed E-state index contributed by atoms with van der Waals surface area (Å²) in [7, 11) is 0. The Morgan fingerprint density at radius 3 is 2.47 bits per heavy atom. The second kappa shape index (κ2) is 4.28. The van der Waals surface area contributed by atoms with Crippen molar-refractivity contribution in [2.24, 2.45) is 5.73 Å². The van der Waals surface area contributed by atoms with Gasteiger partial charge in [-0.1, -0.05) is 36.4 Å². The van der Waals surface area contributed by atoms with Crippen LogP contribution in [0.4, 0.5) is 0 Å². The van der Waals surface area contributed by atoms with Crippen LogP contribution in [-0.2, 0) is 11.8 Å². The molecule has 2 aromatic rings. The third-order valence-corrected chi connectivity index (χ3v) is 4.75. The number of hydrogen-bond donors (Lipinski definition) is 1. The fourth-order valence-electron chi connectivity index (χ4n) is 2.62. The summed E-state index contributed by atoms with van der Waals surface area (Å²) in [6, 6.07) is 15.3. The third-order valence-electron chi connectivity index (χ3n) is 3.85. The van der Waals surface area contributed by atoms with Gasteiger partial charge in [-0.3, -0.25) is 0 Å². The average Bonchev–Trinajstić information content (AvgIpc) is 3.04. The van der Waals surface area contributed by atoms with Gasteiger partial charge in [0.05, 0.1) is 0 Å². The molecule has 1 aliphatic rings. The molecule has 0 aliphatic heterocycles. The monoisotopic (exact) mass is 243 g/mol. The SMILES string of the molecule is NC(Cc1cccs1)C1(c2ccccc2)CC1. The Balaban J connectivity index is 1.80. The van der Waals surface area contributed by atoms with E-state index in [1.807, 2.05) is 11.3 Å². The molecule has 1 aromatic heterocycles. The molecule has 88 valence electrons. The van der Waals surface area contributed by atoms with Crippen molar-refractivity contribution in [2.75, 3.05) is 0 Å². The van der Waals surface area contributed by atoms with Gasteiger partial charge in [0.2, 0.25) is 0 Å². The molecular weight excluding hydrogens is 226 g/mol. The summed E-state index contributed by atoms with van der Waals surface area (Å²) >= 11 is 1.81. The Labute approximate surface area is 106 Å². The van der Waals surface area contributed by atoms with E-state index in [9.17, 15) is 0 Å². The lowest BCUT2D eigenvalue weighted by Crippen LogP contribution is -2.36. The molecule has 0 amide bonds. The number of rotatable bonds is 4. The molecule has 0 spiro atoms. The van der Waals surface area contributed by atoms with E-state index in [0.717, 1.165) is 6.42 Å². The molecule has 17 heavy (non-hydrogen) atoms. The van der Waals surface area contributed by atoms with Gasteiger partial charge in [-0.05, 0) is 36.3 Å². The highest BCUT2D eigenvalue weighted by Gasteiger charge is 2.48. The van der Waals surface area contributed by atoms with E-state index in [1.165, 1.54) is 23.3 Å². The highest BCUT2D eigenvalue weighted by atomic mass is 32.1. The Hall–Kier alpha value is -1.12. The molecule has 2 N–H and O–H groups in total. The van der Waals surface area contributed by atoms with E-state index < -0.39 is 0 Å². The van der Waals surface area contributed by atoms with Gasteiger partial charge in [-0.25, -0.2) is 0 Å². The van der Waals surface area contributed by atoms with Crippen molar-refractivity contribution >= 4 is 11.3 Å². The van der Waals surface area contributed by atoms with E-state index in [0.29, 0.717) is 0 Å². The molecule has 0 radical (unpaired) electrons. The predicted molar refractivity (Wildman–Crippen MR) is 73.4 cm³/mol. The summed E-state index contributed by atoms with van der Waals surface area (Å²) in [5.41, 5.74) is 8.12. The van der Waals surface area contributed by atoms with Crippen LogP contribution in [0.1, 0.15) is 23.3 Å². The second-order valence-electron chi connectivity index (χ2n) is 4.91. The molecule has 0 saturated heterocycles. The minimum absolute atomic E-state index is 0.253. The van der Waals surface area contributed by atoms with E-state index in [4.69, 9.17) is 5.73 Å². The van der Waals surface area contributed by atoms with Crippen LogP contribution < -0.4 is 5.73 Å². The minimum Gasteiger partial charge on any atom is -0.327 e.